The first kappa shape index (κ1) is 21.4. The van der Waals surface area contributed by atoms with Gasteiger partial charge in [-0.2, -0.15) is 0 Å². The zero-order chi connectivity index (χ0) is 21.6. The highest BCUT2D eigenvalue weighted by Gasteiger charge is 2.24. The van der Waals surface area contributed by atoms with Gasteiger partial charge >= 0.3 is 0 Å². The topological polar surface area (TPSA) is 44.8 Å². The molecule has 4 rings (SSSR count). The average molecular weight is 436 g/mol. The van der Waals surface area contributed by atoms with Crippen molar-refractivity contribution in [1.29, 1.82) is 0 Å². The number of likely N-dealkylation sites (N-methyl/N-ethyl adjacent to an activating group) is 1. The summed E-state index contributed by atoms with van der Waals surface area (Å²) in [6.45, 7) is 2.95. The Morgan fingerprint density at radius 3 is 2.77 bits per heavy atom. The number of nitrogens with zero attached hydrogens (tertiary/aromatic N) is 2. The number of hydrogen-bond donors (Lipinski definition) is 1. The van der Waals surface area contributed by atoms with E-state index in [2.05, 4.69) is 39.9 Å². The van der Waals surface area contributed by atoms with Crippen LogP contribution in [0.4, 0.5) is 5.69 Å². The van der Waals surface area contributed by atoms with Crippen molar-refractivity contribution in [2.45, 2.75) is 19.1 Å². The van der Waals surface area contributed by atoms with Crippen molar-refractivity contribution < 1.29 is 9.53 Å². The fourth-order valence-electron chi connectivity index (χ4n) is 3.91. The molecule has 0 bridgehead atoms. The second-order valence-electron chi connectivity index (χ2n) is 7.83. The Hall–Kier alpha value is -2.83. The van der Waals surface area contributed by atoms with Gasteiger partial charge in [0.15, 0.2) is 0 Å². The summed E-state index contributed by atoms with van der Waals surface area (Å²) in [6.07, 6.45) is 0.914. The van der Waals surface area contributed by atoms with Crippen LogP contribution in [0, 0.1) is 0 Å². The van der Waals surface area contributed by atoms with Crippen LogP contribution < -0.4 is 15.0 Å². The van der Waals surface area contributed by atoms with E-state index in [0.29, 0.717) is 13.1 Å². The first-order valence-electron chi connectivity index (χ1n) is 10.7. The number of anilines is 1. The van der Waals surface area contributed by atoms with Gasteiger partial charge in [-0.05, 0) is 54.9 Å². The van der Waals surface area contributed by atoms with Crippen molar-refractivity contribution in [3.8, 4) is 5.75 Å². The van der Waals surface area contributed by atoms with Crippen molar-refractivity contribution in [2.24, 2.45) is 0 Å². The summed E-state index contributed by atoms with van der Waals surface area (Å²) in [4.78, 5) is 18.5. The minimum atomic E-state index is 0.0167. The lowest BCUT2D eigenvalue weighted by molar-refractivity contribution is 0.0754. The van der Waals surface area contributed by atoms with Crippen LogP contribution in [0.5, 0.6) is 5.75 Å². The van der Waals surface area contributed by atoms with Crippen LogP contribution in [0.25, 0.3) is 0 Å². The molecular weight excluding hydrogens is 406 g/mol. The SMILES string of the molecule is CNCCC(Oc1cccc(CN2CCN(C)c3ccccc3C2=O)c1)c1cccs1. The maximum atomic E-state index is 13.2. The molecule has 6 heteroatoms. The lowest BCUT2D eigenvalue weighted by Gasteiger charge is -2.22. The van der Waals surface area contributed by atoms with Crippen LogP contribution in [0.1, 0.15) is 33.3 Å². The van der Waals surface area contributed by atoms with E-state index < -0.39 is 0 Å². The van der Waals surface area contributed by atoms with E-state index in [-0.39, 0.29) is 12.0 Å². The molecule has 3 aromatic rings. The van der Waals surface area contributed by atoms with Gasteiger partial charge in [-0.15, -0.1) is 11.3 Å². The molecule has 5 nitrogen and oxygen atoms in total. The zero-order valence-electron chi connectivity index (χ0n) is 18.1. The molecule has 31 heavy (non-hydrogen) atoms. The minimum Gasteiger partial charge on any atom is -0.485 e. The highest BCUT2D eigenvalue weighted by Crippen LogP contribution is 2.29. The Kier molecular flexibility index (Phi) is 6.89. The van der Waals surface area contributed by atoms with E-state index in [1.165, 1.54) is 4.88 Å². The normalized spacial score (nSPS) is 14.8. The van der Waals surface area contributed by atoms with E-state index >= 15 is 0 Å². The predicted molar refractivity (Wildman–Crippen MR) is 127 cm³/mol. The highest BCUT2D eigenvalue weighted by atomic mass is 32.1. The third-order valence-corrected chi connectivity index (χ3v) is 6.57. The minimum absolute atomic E-state index is 0.0167. The first-order valence-corrected chi connectivity index (χ1v) is 11.6. The maximum absolute atomic E-state index is 13.2. The molecule has 0 radical (unpaired) electrons. The lowest BCUT2D eigenvalue weighted by Crippen LogP contribution is -2.33. The molecule has 1 amide bonds. The second-order valence-corrected chi connectivity index (χ2v) is 8.81. The summed E-state index contributed by atoms with van der Waals surface area (Å²) in [5, 5.41) is 5.30. The summed E-state index contributed by atoms with van der Waals surface area (Å²) in [6, 6.07) is 20.2. The molecule has 2 heterocycles. The molecule has 2 aromatic carbocycles. The third kappa shape index (κ3) is 5.09. The van der Waals surface area contributed by atoms with Crippen LogP contribution >= 0.6 is 11.3 Å². The van der Waals surface area contributed by atoms with Gasteiger partial charge in [0.05, 0.1) is 5.56 Å². The maximum Gasteiger partial charge on any atom is 0.256 e. The molecule has 1 unspecified atom stereocenters. The van der Waals surface area contributed by atoms with Crippen molar-refractivity contribution in [3.05, 3.63) is 82.0 Å². The van der Waals surface area contributed by atoms with Gasteiger partial charge in [-0.3, -0.25) is 4.79 Å². The molecule has 1 aromatic heterocycles. The Balaban J connectivity index is 1.50. The number of nitrogens with one attached hydrogen (secondary N) is 1. The van der Waals surface area contributed by atoms with E-state index in [0.717, 1.165) is 42.1 Å². The van der Waals surface area contributed by atoms with Gasteiger partial charge in [-0.1, -0.05) is 30.3 Å². The summed E-state index contributed by atoms with van der Waals surface area (Å²) in [5.41, 5.74) is 2.83. The summed E-state index contributed by atoms with van der Waals surface area (Å²) < 4.78 is 6.37. The number of hydrogen-bond acceptors (Lipinski definition) is 5. The second kappa shape index (κ2) is 9.98. The van der Waals surface area contributed by atoms with Gasteiger partial charge < -0.3 is 19.9 Å². The molecule has 0 aliphatic carbocycles. The molecule has 1 aliphatic heterocycles. The molecule has 1 atom stereocenters. The van der Waals surface area contributed by atoms with Crippen molar-refractivity contribution in [2.75, 3.05) is 38.6 Å². The number of ether oxygens (including phenoxy) is 1. The van der Waals surface area contributed by atoms with E-state index in [1.54, 1.807) is 11.3 Å². The summed E-state index contributed by atoms with van der Waals surface area (Å²) >= 11 is 1.72. The van der Waals surface area contributed by atoms with Gasteiger partial charge in [0.25, 0.3) is 5.91 Å². The van der Waals surface area contributed by atoms with Gasteiger partial charge in [0.2, 0.25) is 0 Å². The Morgan fingerprint density at radius 1 is 1.10 bits per heavy atom. The zero-order valence-corrected chi connectivity index (χ0v) is 18.9. The van der Waals surface area contributed by atoms with E-state index in [4.69, 9.17) is 4.74 Å². The van der Waals surface area contributed by atoms with Crippen LogP contribution in [0.2, 0.25) is 0 Å². The van der Waals surface area contributed by atoms with Crippen LogP contribution in [0.15, 0.2) is 66.0 Å². The molecule has 162 valence electrons. The number of carbonyl (C=O) groups excluding carboxylic acids is 1. The molecule has 0 spiro atoms. The van der Waals surface area contributed by atoms with E-state index in [9.17, 15) is 4.79 Å². The molecule has 0 saturated carbocycles. The Morgan fingerprint density at radius 2 is 1.97 bits per heavy atom. The van der Waals surface area contributed by atoms with Crippen molar-refractivity contribution >= 4 is 22.9 Å². The van der Waals surface area contributed by atoms with Gasteiger partial charge in [0.1, 0.15) is 11.9 Å². The quantitative estimate of drug-likeness (QED) is 0.563. The molecule has 1 N–H and O–H groups in total. The standard InChI is InChI=1S/C25H29N3O2S/c1-26-13-12-23(24-11-6-16-31-24)30-20-8-5-7-19(17-20)18-28-15-14-27(2)22-10-4-3-9-21(22)25(28)29/h3-11,16-17,23,26H,12-15,18H2,1-2H3. The van der Waals surface area contributed by atoms with Crippen LogP contribution in [-0.2, 0) is 6.54 Å². The van der Waals surface area contributed by atoms with Crippen LogP contribution in [-0.4, -0.2) is 44.5 Å². The number of fused-ring (bicyclic) bond motifs is 1. The summed E-state index contributed by atoms with van der Waals surface area (Å²) in [7, 11) is 4.00. The fraction of sp³-hybridized carbons (Fsp3) is 0.320. The number of para-hydroxylation sites is 1. The highest BCUT2D eigenvalue weighted by molar-refractivity contribution is 7.10. The molecule has 1 aliphatic rings. The smallest absolute Gasteiger partial charge is 0.256 e. The van der Waals surface area contributed by atoms with Crippen molar-refractivity contribution in [1.82, 2.24) is 10.2 Å². The largest absolute Gasteiger partial charge is 0.485 e. The lowest BCUT2D eigenvalue weighted by atomic mass is 10.1. The Bertz CT molecular complexity index is 1010. The Labute approximate surface area is 188 Å². The predicted octanol–water partition coefficient (Wildman–Crippen LogP) is 4.57. The summed E-state index contributed by atoms with van der Waals surface area (Å²) in [5.74, 6) is 0.920. The molecule has 0 saturated heterocycles. The number of thiophene rings is 1. The van der Waals surface area contributed by atoms with Gasteiger partial charge in [0, 0.05) is 43.7 Å². The number of benzene rings is 2. The fourth-order valence-corrected chi connectivity index (χ4v) is 4.70. The number of amides is 1. The number of carbonyl (C=O) groups is 1. The monoisotopic (exact) mass is 435 g/mol. The number of rotatable bonds is 8. The molecule has 0 fully saturated rings. The van der Waals surface area contributed by atoms with E-state index in [1.807, 2.05) is 55.4 Å². The first-order chi connectivity index (χ1) is 15.2. The van der Waals surface area contributed by atoms with Gasteiger partial charge in [-0.25, -0.2) is 0 Å². The average Bonchev–Trinajstić information content (AvgIpc) is 3.30. The van der Waals surface area contributed by atoms with Crippen molar-refractivity contribution in [3.63, 3.8) is 0 Å². The van der Waals surface area contributed by atoms with Crippen LogP contribution in [0.3, 0.4) is 0 Å². The molecular formula is C25H29N3O2S. The third-order valence-electron chi connectivity index (χ3n) is 5.61.